The van der Waals surface area contributed by atoms with Crippen molar-refractivity contribution in [2.75, 3.05) is 0 Å². The smallest absolute Gasteiger partial charge is 0.0773 e. The van der Waals surface area contributed by atoms with Gasteiger partial charge < -0.3 is 0 Å². The van der Waals surface area contributed by atoms with Crippen LogP contribution in [0.2, 0.25) is 10.0 Å². The van der Waals surface area contributed by atoms with Crippen LogP contribution in [-0.2, 0) is 0 Å². The summed E-state index contributed by atoms with van der Waals surface area (Å²) < 4.78 is 0. The molecule has 0 saturated heterocycles. The van der Waals surface area contributed by atoms with Gasteiger partial charge in [-0.3, -0.25) is 16.3 Å². The van der Waals surface area contributed by atoms with Crippen molar-refractivity contribution in [2.45, 2.75) is 38.1 Å². The highest BCUT2D eigenvalue weighted by atomic mass is 35.5. The van der Waals surface area contributed by atoms with Crippen LogP contribution in [0.4, 0.5) is 0 Å². The van der Waals surface area contributed by atoms with Gasteiger partial charge >= 0.3 is 0 Å². The van der Waals surface area contributed by atoms with E-state index in [2.05, 4.69) is 10.4 Å². The Balaban J connectivity index is 1.73. The van der Waals surface area contributed by atoms with Crippen molar-refractivity contribution in [2.24, 2.45) is 23.6 Å². The summed E-state index contributed by atoms with van der Waals surface area (Å²) in [6.45, 7) is 0. The molecule has 3 N–H and O–H groups in total. The van der Waals surface area contributed by atoms with Crippen LogP contribution in [0.5, 0.6) is 0 Å². The van der Waals surface area contributed by atoms with E-state index in [1.54, 1.807) is 12.3 Å². The molecule has 4 unspecified atom stereocenters. The van der Waals surface area contributed by atoms with Crippen molar-refractivity contribution in [1.82, 2.24) is 10.4 Å². The highest BCUT2D eigenvalue weighted by Crippen LogP contribution is 2.51. The number of nitrogens with zero attached hydrogens (tertiary/aromatic N) is 1. The van der Waals surface area contributed by atoms with Gasteiger partial charge in [0.2, 0.25) is 0 Å². The van der Waals surface area contributed by atoms with E-state index in [0.29, 0.717) is 10.0 Å². The fourth-order valence-corrected chi connectivity index (χ4v) is 4.42. The maximum absolute atomic E-state index is 6.23. The number of halogens is 2. The quantitative estimate of drug-likeness (QED) is 0.658. The zero-order chi connectivity index (χ0) is 13.4. The third-order valence-corrected chi connectivity index (χ3v) is 5.30. The van der Waals surface area contributed by atoms with Crippen molar-refractivity contribution in [3.05, 3.63) is 28.0 Å². The number of nitrogens with one attached hydrogen (secondary N) is 1. The summed E-state index contributed by atoms with van der Waals surface area (Å²) in [4.78, 5) is 4.35. The maximum atomic E-state index is 6.23. The Labute approximate surface area is 123 Å². The topological polar surface area (TPSA) is 50.9 Å². The minimum absolute atomic E-state index is 0.0223. The normalized spacial score (nSPS) is 30.8. The first-order valence-electron chi connectivity index (χ1n) is 6.94. The van der Waals surface area contributed by atoms with E-state index < -0.39 is 0 Å². The van der Waals surface area contributed by atoms with E-state index in [-0.39, 0.29) is 6.04 Å². The van der Waals surface area contributed by atoms with Crippen LogP contribution in [0.25, 0.3) is 0 Å². The van der Waals surface area contributed by atoms with Gasteiger partial charge in [0.25, 0.3) is 0 Å². The summed E-state index contributed by atoms with van der Waals surface area (Å²) >= 11 is 12.1. The Morgan fingerprint density at radius 3 is 2.79 bits per heavy atom. The molecule has 2 fully saturated rings. The Kier molecular flexibility index (Phi) is 3.99. The van der Waals surface area contributed by atoms with Gasteiger partial charge in [-0.25, -0.2) is 0 Å². The van der Waals surface area contributed by atoms with Gasteiger partial charge in [0.05, 0.1) is 21.8 Å². The fourth-order valence-electron chi connectivity index (χ4n) is 3.91. The third-order valence-electron chi connectivity index (χ3n) is 4.79. The fraction of sp³-hybridized carbons (Fsp3) is 0.643. The average Bonchev–Trinajstić information content (AvgIpc) is 2.99. The van der Waals surface area contributed by atoms with Crippen LogP contribution >= 0.6 is 23.2 Å². The molecule has 0 aromatic carbocycles. The van der Waals surface area contributed by atoms with E-state index >= 15 is 0 Å². The van der Waals surface area contributed by atoms with Crippen LogP contribution in [0.3, 0.4) is 0 Å². The molecular formula is C14H19Cl2N3. The van der Waals surface area contributed by atoms with Crippen LogP contribution in [0, 0.1) is 17.8 Å². The largest absolute Gasteiger partial charge is 0.271 e. The van der Waals surface area contributed by atoms with Crippen molar-refractivity contribution in [3.63, 3.8) is 0 Å². The summed E-state index contributed by atoms with van der Waals surface area (Å²) in [6, 6.07) is 1.76. The number of rotatable bonds is 4. The molecule has 0 radical (unpaired) electrons. The monoisotopic (exact) mass is 299 g/mol. The molecule has 19 heavy (non-hydrogen) atoms. The van der Waals surface area contributed by atoms with E-state index in [0.717, 1.165) is 29.9 Å². The number of pyridine rings is 1. The molecule has 0 spiro atoms. The lowest BCUT2D eigenvalue weighted by Gasteiger charge is -2.26. The maximum Gasteiger partial charge on any atom is 0.0773 e. The van der Waals surface area contributed by atoms with Gasteiger partial charge in [-0.05, 0) is 49.5 Å². The molecule has 2 bridgehead atoms. The summed E-state index contributed by atoms with van der Waals surface area (Å²) in [6.07, 6.45) is 8.20. The van der Waals surface area contributed by atoms with Crippen LogP contribution < -0.4 is 11.3 Å². The molecule has 0 amide bonds. The minimum Gasteiger partial charge on any atom is -0.271 e. The summed E-state index contributed by atoms with van der Waals surface area (Å²) in [5.74, 6) is 8.29. The number of hydrogen-bond acceptors (Lipinski definition) is 3. The molecule has 2 aliphatic rings. The number of nitrogens with two attached hydrogens (primary N) is 1. The zero-order valence-electron chi connectivity index (χ0n) is 10.8. The van der Waals surface area contributed by atoms with Gasteiger partial charge in [-0.1, -0.05) is 29.6 Å². The predicted molar refractivity (Wildman–Crippen MR) is 77.9 cm³/mol. The molecule has 4 atom stereocenters. The number of hydrogen-bond donors (Lipinski definition) is 2. The molecule has 104 valence electrons. The standard InChI is InChI=1S/C14H19Cl2N3/c15-11-6-12(16)14(18-7-11)13(19-17)5-10-4-8-1-2-9(10)3-8/h6-10,13,19H,1-5,17H2. The van der Waals surface area contributed by atoms with Crippen molar-refractivity contribution in [1.29, 1.82) is 0 Å². The molecule has 1 aromatic rings. The highest BCUT2D eigenvalue weighted by Gasteiger charge is 2.40. The lowest BCUT2D eigenvalue weighted by Crippen LogP contribution is -2.31. The molecule has 5 heteroatoms. The Morgan fingerprint density at radius 1 is 1.37 bits per heavy atom. The summed E-state index contributed by atoms with van der Waals surface area (Å²) in [5.41, 5.74) is 3.69. The van der Waals surface area contributed by atoms with E-state index in [1.165, 1.54) is 25.7 Å². The predicted octanol–water partition coefficient (Wildman–Crippen LogP) is 3.72. The first-order chi connectivity index (χ1) is 9.17. The van der Waals surface area contributed by atoms with Crippen molar-refractivity contribution in [3.8, 4) is 0 Å². The van der Waals surface area contributed by atoms with Gasteiger partial charge in [0, 0.05) is 6.20 Å². The van der Waals surface area contributed by atoms with E-state index in [1.807, 2.05) is 0 Å². The van der Waals surface area contributed by atoms with Gasteiger partial charge in [-0.15, -0.1) is 0 Å². The molecule has 2 saturated carbocycles. The lowest BCUT2D eigenvalue weighted by atomic mass is 9.83. The first kappa shape index (κ1) is 13.6. The highest BCUT2D eigenvalue weighted by molar-refractivity contribution is 6.34. The Bertz CT molecular complexity index is 466. The second-order valence-electron chi connectivity index (χ2n) is 5.91. The van der Waals surface area contributed by atoms with Crippen LogP contribution in [0.1, 0.15) is 43.8 Å². The van der Waals surface area contributed by atoms with Crippen molar-refractivity contribution >= 4 is 23.2 Å². The molecule has 1 aromatic heterocycles. The average molecular weight is 300 g/mol. The van der Waals surface area contributed by atoms with E-state index in [4.69, 9.17) is 29.0 Å². The molecule has 3 rings (SSSR count). The number of aromatic nitrogens is 1. The molecule has 2 aliphatic carbocycles. The molecule has 3 nitrogen and oxygen atoms in total. The second-order valence-corrected chi connectivity index (χ2v) is 6.75. The zero-order valence-corrected chi connectivity index (χ0v) is 12.3. The lowest BCUT2D eigenvalue weighted by molar-refractivity contribution is 0.278. The summed E-state index contributed by atoms with van der Waals surface area (Å²) in [5, 5.41) is 1.16. The molecule has 1 heterocycles. The Hall–Kier alpha value is -0.350. The van der Waals surface area contributed by atoms with Crippen molar-refractivity contribution < 1.29 is 0 Å². The third kappa shape index (κ3) is 2.75. The molecular weight excluding hydrogens is 281 g/mol. The van der Waals surface area contributed by atoms with Gasteiger partial charge in [0.1, 0.15) is 0 Å². The Morgan fingerprint density at radius 2 is 2.21 bits per heavy atom. The van der Waals surface area contributed by atoms with Crippen LogP contribution in [-0.4, -0.2) is 4.98 Å². The minimum atomic E-state index is 0.0223. The van der Waals surface area contributed by atoms with E-state index in [9.17, 15) is 0 Å². The second kappa shape index (κ2) is 5.57. The summed E-state index contributed by atoms with van der Waals surface area (Å²) in [7, 11) is 0. The molecule has 0 aliphatic heterocycles. The van der Waals surface area contributed by atoms with Gasteiger partial charge in [-0.2, -0.15) is 0 Å². The number of fused-ring (bicyclic) bond motifs is 2. The van der Waals surface area contributed by atoms with Gasteiger partial charge in [0.15, 0.2) is 0 Å². The van der Waals surface area contributed by atoms with Crippen LogP contribution in [0.15, 0.2) is 12.3 Å². The first-order valence-corrected chi connectivity index (χ1v) is 7.70. The SMILES string of the molecule is NNC(CC1CC2CCC1C2)c1ncc(Cl)cc1Cl. The number of hydrazine groups is 1.